The largest absolute Gasteiger partial charge is 0.399 e. The third kappa shape index (κ3) is 3.92. The van der Waals surface area contributed by atoms with Crippen molar-refractivity contribution < 1.29 is 18.0 Å². The molecule has 1 saturated heterocycles. The maximum atomic E-state index is 13.3. The average molecular weight is 478 g/mol. The summed E-state index contributed by atoms with van der Waals surface area (Å²) in [5, 5.41) is 5.56. The lowest BCUT2D eigenvalue weighted by molar-refractivity contribution is 0.235. The molecule has 4 amide bonds. The number of carbonyl (C=O) groups excluding carboxylic acids is 2. The van der Waals surface area contributed by atoms with Gasteiger partial charge >= 0.3 is 12.1 Å². The lowest BCUT2D eigenvalue weighted by Gasteiger charge is -2.19. The SMILES string of the molecule is Nc1ccc(NC(=O)N2CCc3cc(S(=O)(=O)N4CC(c5ccccc5)NC4=O)ccc32)cc1. The van der Waals surface area contributed by atoms with Crippen LogP contribution >= 0.6 is 0 Å². The van der Waals surface area contributed by atoms with Crippen molar-refractivity contribution in [3.8, 4) is 0 Å². The molecule has 0 spiro atoms. The summed E-state index contributed by atoms with van der Waals surface area (Å²) in [6, 6.07) is 19.3. The van der Waals surface area contributed by atoms with Gasteiger partial charge in [-0.3, -0.25) is 4.90 Å². The van der Waals surface area contributed by atoms with Gasteiger partial charge in [-0.15, -0.1) is 0 Å². The molecule has 2 aliphatic heterocycles. The number of fused-ring (bicyclic) bond motifs is 1. The molecule has 4 N–H and O–H groups in total. The van der Waals surface area contributed by atoms with Gasteiger partial charge in [0.15, 0.2) is 0 Å². The molecular weight excluding hydrogens is 454 g/mol. The smallest absolute Gasteiger partial charge is 0.331 e. The number of nitrogens with one attached hydrogen (secondary N) is 2. The van der Waals surface area contributed by atoms with Crippen LogP contribution in [0.2, 0.25) is 0 Å². The molecule has 1 atom stereocenters. The van der Waals surface area contributed by atoms with Crippen molar-refractivity contribution in [2.45, 2.75) is 17.4 Å². The second-order valence-electron chi connectivity index (χ2n) is 8.19. The highest BCUT2D eigenvalue weighted by molar-refractivity contribution is 7.89. The Morgan fingerprint density at radius 2 is 1.76 bits per heavy atom. The second kappa shape index (κ2) is 8.38. The third-order valence-electron chi connectivity index (χ3n) is 6.02. The number of nitrogens with two attached hydrogens (primary N) is 1. The van der Waals surface area contributed by atoms with Gasteiger partial charge in [-0.2, -0.15) is 0 Å². The molecule has 0 aromatic heterocycles. The van der Waals surface area contributed by atoms with E-state index in [2.05, 4.69) is 10.6 Å². The van der Waals surface area contributed by atoms with Crippen molar-refractivity contribution in [3.63, 3.8) is 0 Å². The molecule has 10 heteroatoms. The van der Waals surface area contributed by atoms with Crippen LogP contribution in [0.15, 0.2) is 77.7 Å². The highest BCUT2D eigenvalue weighted by atomic mass is 32.2. The van der Waals surface area contributed by atoms with Crippen LogP contribution in [0.5, 0.6) is 0 Å². The number of nitrogen functional groups attached to an aromatic ring is 1. The standard InChI is InChI=1S/C24H23N5O4S/c25-18-6-8-19(9-7-18)26-23(30)28-13-12-17-14-20(10-11-22(17)28)34(32,33)29-15-21(27-24(29)31)16-4-2-1-3-5-16/h1-11,14,21H,12-13,15,25H2,(H,26,30)(H,27,31). The van der Waals surface area contributed by atoms with Crippen molar-refractivity contribution in [1.82, 2.24) is 9.62 Å². The van der Waals surface area contributed by atoms with E-state index in [-0.39, 0.29) is 17.5 Å². The minimum Gasteiger partial charge on any atom is -0.399 e. The van der Waals surface area contributed by atoms with Crippen LogP contribution in [0, 0.1) is 0 Å². The molecule has 3 aromatic rings. The number of nitrogens with zero attached hydrogens (tertiary/aromatic N) is 2. The van der Waals surface area contributed by atoms with Crippen LogP contribution in [0.1, 0.15) is 17.2 Å². The van der Waals surface area contributed by atoms with Gasteiger partial charge in [-0.1, -0.05) is 30.3 Å². The molecule has 3 aromatic carbocycles. The highest BCUT2D eigenvalue weighted by Gasteiger charge is 2.39. The van der Waals surface area contributed by atoms with Crippen molar-refractivity contribution in [1.29, 1.82) is 0 Å². The fraction of sp³-hybridized carbons (Fsp3) is 0.167. The van der Waals surface area contributed by atoms with Gasteiger partial charge in [-0.05, 0) is 60.0 Å². The Morgan fingerprint density at radius 3 is 2.50 bits per heavy atom. The maximum Gasteiger partial charge on any atom is 0.331 e. The fourth-order valence-electron chi connectivity index (χ4n) is 4.23. The molecule has 5 rings (SSSR count). The molecule has 1 fully saturated rings. The summed E-state index contributed by atoms with van der Waals surface area (Å²) >= 11 is 0. The van der Waals surface area contributed by atoms with Gasteiger partial charge in [0.1, 0.15) is 0 Å². The number of carbonyl (C=O) groups is 2. The Hall–Kier alpha value is -4.05. The Morgan fingerprint density at radius 1 is 1.03 bits per heavy atom. The zero-order valence-electron chi connectivity index (χ0n) is 18.1. The van der Waals surface area contributed by atoms with E-state index < -0.39 is 22.1 Å². The van der Waals surface area contributed by atoms with Crippen LogP contribution in [0.4, 0.5) is 26.7 Å². The summed E-state index contributed by atoms with van der Waals surface area (Å²) in [6.07, 6.45) is 0.507. The second-order valence-corrected chi connectivity index (χ2v) is 10.1. The predicted molar refractivity (Wildman–Crippen MR) is 129 cm³/mol. The molecular formula is C24H23N5O4S. The number of sulfonamides is 1. The molecule has 2 aliphatic rings. The van der Waals surface area contributed by atoms with E-state index in [9.17, 15) is 18.0 Å². The molecule has 1 unspecified atom stereocenters. The van der Waals surface area contributed by atoms with Crippen LogP contribution in [-0.2, 0) is 16.4 Å². The first kappa shape index (κ1) is 21.8. The molecule has 34 heavy (non-hydrogen) atoms. The minimum absolute atomic E-state index is 0.0123. The Balaban J connectivity index is 1.34. The Kier molecular flexibility index (Phi) is 5.37. The minimum atomic E-state index is -4.05. The first-order chi connectivity index (χ1) is 16.3. The summed E-state index contributed by atoms with van der Waals surface area (Å²) < 4.78 is 27.4. The van der Waals surface area contributed by atoms with Crippen molar-refractivity contribution in [2.75, 3.05) is 29.0 Å². The van der Waals surface area contributed by atoms with E-state index in [1.165, 1.54) is 6.07 Å². The van der Waals surface area contributed by atoms with E-state index in [0.29, 0.717) is 30.0 Å². The van der Waals surface area contributed by atoms with Gasteiger partial charge in [0.2, 0.25) is 0 Å². The van der Waals surface area contributed by atoms with Crippen molar-refractivity contribution >= 4 is 39.1 Å². The molecule has 0 aliphatic carbocycles. The van der Waals surface area contributed by atoms with E-state index in [1.807, 2.05) is 30.3 Å². The number of hydrogen-bond acceptors (Lipinski definition) is 5. The maximum absolute atomic E-state index is 13.3. The molecule has 0 radical (unpaired) electrons. The summed E-state index contributed by atoms with van der Waals surface area (Å²) in [6.45, 7) is 0.429. The van der Waals surface area contributed by atoms with E-state index >= 15 is 0 Å². The Bertz CT molecular complexity index is 1360. The quantitative estimate of drug-likeness (QED) is 0.497. The number of amides is 4. The number of urea groups is 2. The van der Waals surface area contributed by atoms with Gasteiger partial charge in [0.25, 0.3) is 10.0 Å². The van der Waals surface area contributed by atoms with Crippen molar-refractivity contribution in [2.24, 2.45) is 0 Å². The van der Waals surface area contributed by atoms with Crippen LogP contribution in [0.3, 0.4) is 0 Å². The monoisotopic (exact) mass is 477 g/mol. The van der Waals surface area contributed by atoms with E-state index in [0.717, 1.165) is 15.4 Å². The first-order valence-corrected chi connectivity index (χ1v) is 12.2. The lowest BCUT2D eigenvalue weighted by Crippen LogP contribution is -2.34. The highest BCUT2D eigenvalue weighted by Crippen LogP contribution is 2.33. The average Bonchev–Trinajstić information content (AvgIpc) is 3.45. The lowest BCUT2D eigenvalue weighted by atomic mass is 10.1. The van der Waals surface area contributed by atoms with Crippen LogP contribution in [-0.4, -0.2) is 37.9 Å². The van der Waals surface area contributed by atoms with Gasteiger partial charge in [-0.25, -0.2) is 22.3 Å². The number of anilines is 3. The molecule has 0 bridgehead atoms. The van der Waals surface area contributed by atoms with Gasteiger partial charge in [0, 0.05) is 23.6 Å². The summed E-state index contributed by atoms with van der Waals surface area (Å²) in [5.74, 6) is 0. The zero-order chi connectivity index (χ0) is 23.9. The van der Waals surface area contributed by atoms with Crippen molar-refractivity contribution in [3.05, 3.63) is 83.9 Å². The van der Waals surface area contributed by atoms with E-state index in [1.54, 1.807) is 41.3 Å². The van der Waals surface area contributed by atoms with Crippen LogP contribution in [0.25, 0.3) is 0 Å². The molecule has 2 heterocycles. The predicted octanol–water partition coefficient (Wildman–Crippen LogP) is 3.32. The first-order valence-electron chi connectivity index (χ1n) is 10.8. The van der Waals surface area contributed by atoms with Crippen LogP contribution < -0.4 is 21.3 Å². The summed E-state index contributed by atoms with van der Waals surface area (Å²) in [7, 11) is -4.05. The number of hydrogen-bond donors (Lipinski definition) is 3. The van der Waals surface area contributed by atoms with Gasteiger partial charge in [0.05, 0.1) is 17.5 Å². The Labute approximate surface area is 197 Å². The van der Waals surface area contributed by atoms with E-state index in [4.69, 9.17) is 5.73 Å². The topological polar surface area (TPSA) is 125 Å². The third-order valence-corrected chi connectivity index (χ3v) is 7.76. The summed E-state index contributed by atoms with van der Waals surface area (Å²) in [5.41, 5.74) is 9.10. The molecule has 0 saturated carbocycles. The summed E-state index contributed by atoms with van der Waals surface area (Å²) in [4.78, 5) is 26.9. The fourth-order valence-corrected chi connectivity index (χ4v) is 5.63. The molecule has 174 valence electrons. The normalized spacial score (nSPS) is 17.4. The number of benzene rings is 3. The number of rotatable bonds is 4. The zero-order valence-corrected chi connectivity index (χ0v) is 19.0. The van der Waals surface area contributed by atoms with Gasteiger partial charge < -0.3 is 16.4 Å². The molecule has 9 nitrogen and oxygen atoms in total.